The molecule has 1 aliphatic rings. The lowest BCUT2D eigenvalue weighted by Crippen LogP contribution is -2.24. The number of halogens is 1. The van der Waals surface area contributed by atoms with E-state index in [1.807, 2.05) is 29.2 Å². The summed E-state index contributed by atoms with van der Waals surface area (Å²) in [5.41, 5.74) is 9.41. The minimum Gasteiger partial charge on any atom is -0.338 e. The third kappa shape index (κ3) is 3.36. The van der Waals surface area contributed by atoms with Crippen molar-refractivity contribution >= 4 is 28.5 Å². The van der Waals surface area contributed by atoms with Gasteiger partial charge >= 0.3 is 0 Å². The number of azide groups is 1. The fraction of sp³-hybridized carbons (Fsp3) is 0.417. The summed E-state index contributed by atoms with van der Waals surface area (Å²) in [7, 11) is 0. The molecule has 1 fully saturated rings. The van der Waals surface area contributed by atoms with E-state index in [9.17, 15) is 4.79 Å². The summed E-state index contributed by atoms with van der Waals surface area (Å²) in [6, 6.07) is 8.15. The number of hydrogen-bond acceptors (Lipinski definition) is 2. The van der Waals surface area contributed by atoms with E-state index in [-0.39, 0.29) is 11.8 Å². The topological polar surface area (TPSA) is 69.1 Å². The molecular weight excluding hydrogens is 343 g/mol. The molecule has 0 aromatic heterocycles. The first kappa shape index (κ1) is 13.2. The van der Waals surface area contributed by atoms with Crippen LogP contribution in [0.5, 0.6) is 0 Å². The first-order chi connectivity index (χ1) is 8.69. The van der Waals surface area contributed by atoms with Crippen LogP contribution in [0, 0.1) is 9.49 Å². The number of carbonyl (C=O) groups excluding carboxylic acids is 1. The van der Waals surface area contributed by atoms with Gasteiger partial charge in [0.15, 0.2) is 0 Å². The van der Waals surface area contributed by atoms with Crippen molar-refractivity contribution < 1.29 is 4.79 Å². The zero-order valence-electron chi connectivity index (χ0n) is 9.79. The molecule has 1 heterocycles. The minimum atomic E-state index is 0.145. The molecule has 1 amide bonds. The molecule has 1 aromatic carbocycles. The van der Waals surface area contributed by atoms with Gasteiger partial charge in [-0.1, -0.05) is 17.2 Å². The maximum absolute atomic E-state index is 11.8. The van der Waals surface area contributed by atoms with Gasteiger partial charge in [-0.15, -0.1) is 0 Å². The van der Waals surface area contributed by atoms with E-state index in [2.05, 4.69) is 32.6 Å². The molecule has 0 spiro atoms. The number of nitrogens with zero attached hydrogens (tertiary/aromatic N) is 4. The van der Waals surface area contributed by atoms with Crippen LogP contribution < -0.4 is 0 Å². The summed E-state index contributed by atoms with van der Waals surface area (Å²) in [6.45, 7) is 1.73. The van der Waals surface area contributed by atoms with Crippen LogP contribution >= 0.6 is 22.6 Å². The number of likely N-dealkylation sites (tertiary alicyclic amines) is 1. The number of rotatable bonds is 4. The predicted octanol–water partition coefficient (Wildman–Crippen LogP) is 2.95. The number of carbonyl (C=O) groups is 1. The van der Waals surface area contributed by atoms with Crippen molar-refractivity contribution in [2.45, 2.75) is 13.0 Å². The molecule has 2 rings (SSSR count). The number of amides is 1. The van der Waals surface area contributed by atoms with Crippen LogP contribution in [0.15, 0.2) is 29.4 Å². The second-order valence-corrected chi connectivity index (χ2v) is 5.63. The fourth-order valence-corrected chi connectivity index (χ4v) is 2.45. The SMILES string of the molecule is [N-]=[N+]=NCC1CC(=O)N(Cc2ccc(I)cc2)C1. The van der Waals surface area contributed by atoms with Crippen molar-refractivity contribution in [3.05, 3.63) is 43.8 Å². The lowest BCUT2D eigenvalue weighted by Gasteiger charge is -2.16. The molecule has 0 saturated carbocycles. The van der Waals surface area contributed by atoms with Gasteiger partial charge in [0.2, 0.25) is 5.91 Å². The Balaban J connectivity index is 1.95. The van der Waals surface area contributed by atoms with E-state index in [4.69, 9.17) is 5.53 Å². The fourth-order valence-electron chi connectivity index (χ4n) is 2.09. The third-order valence-corrected chi connectivity index (χ3v) is 3.70. The van der Waals surface area contributed by atoms with Crippen LogP contribution in [0.3, 0.4) is 0 Å². The van der Waals surface area contributed by atoms with E-state index in [1.165, 1.54) is 3.57 Å². The molecule has 5 nitrogen and oxygen atoms in total. The highest BCUT2D eigenvalue weighted by molar-refractivity contribution is 14.1. The summed E-state index contributed by atoms with van der Waals surface area (Å²) in [5.74, 6) is 0.309. The predicted molar refractivity (Wildman–Crippen MR) is 76.7 cm³/mol. The summed E-state index contributed by atoms with van der Waals surface area (Å²) in [4.78, 5) is 16.4. The minimum absolute atomic E-state index is 0.145. The molecule has 1 unspecified atom stereocenters. The van der Waals surface area contributed by atoms with Crippen molar-refractivity contribution in [3.63, 3.8) is 0 Å². The van der Waals surface area contributed by atoms with Gasteiger partial charge < -0.3 is 4.90 Å². The van der Waals surface area contributed by atoms with Crippen LogP contribution in [-0.4, -0.2) is 23.9 Å². The van der Waals surface area contributed by atoms with Gasteiger partial charge in [-0.05, 0) is 51.7 Å². The van der Waals surface area contributed by atoms with Crippen LogP contribution in [0.1, 0.15) is 12.0 Å². The summed E-state index contributed by atoms with van der Waals surface area (Å²) >= 11 is 2.26. The molecule has 0 radical (unpaired) electrons. The maximum atomic E-state index is 11.8. The molecule has 0 N–H and O–H groups in total. The van der Waals surface area contributed by atoms with Gasteiger partial charge in [0.05, 0.1) is 0 Å². The van der Waals surface area contributed by atoms with Crippen molar-refractivity contribution in [2.24, 2.45) is 11.0 Å². The smallest absolute Gasteiger partial charge is 0.223 e. The molecule has 1 atom stereocenters. The standard InChI is InChI=1S/C12H13IN4O/c13-11-3-1-9(2-4-11)7-17-8-10(5-12(17)18)6-15-16-14/h1-4,10H,5-8H2. The Morgan fingerprint density at radius 2 is 2.17 bits per heavy atom. The highest BCUT2D eigenvalue weighted by atomic mass is 127. The molecular formula is C12H13IN4O. The molecule has 1 aromatic rings. The molecule has 18 heavy (non-hydrogen) atoms. The Labute approximate surface area is 119 Å². The third-order valence-electron chi connectivity index (χ3n) is 2.98. The summed E-state index contributed by atoms with van der Waals surface area (Å²) in [5, 5.41) is 3.54. The lowest BCUT2D eigenvalue weighted by molar-refractivity contribution is -0.128. The largest absolute Gasteiger partial charge is 0.338 e. The monoisotopic (exact) mass is 356 g/mol. The Bertz CT molecular complexity index is 481. The number of benzene rings is 1. The normalized spacial score (nSPS) is 18.8. The molecule has 1 aliphatic heterocycles. The van der Waals surface area contributed by atoms with Gasteiger partial charge in [0.25, 0.3) is 0 Å². The second kappa shape index (κ2) is 6.06. The zero-order valence-corrected chi connectivity index (χ0v) is 11.9. The average Bonchev–Trinajstić information content (AvgIpc) is 2.70. The Hall–Kier alpha value is -1.27. The van der Waals surface area contributed by atoms with E-state index < -0.39 is 0 Å². The van der Waals surface area contributed by atoms with E-state index in [0.717, 1.165) is 5.56 Å². The maximum Gasteiger partial charge on any atom is 0.223 e. The molecule has 1 saturated heterocycles. The van der Waals surface area contributed by atoms with Gasteiger partial charge in [-0.2, -0.15) is 0 Å². The van der Waals surface area contributed by atoms with E-state index in [0.29, 0.717) is 26.1 Å². The van der Waals surface area contributed by atoms with Gasteiger partial charge in [-0.3, -0.25) is 4.79 Å². The average molecular weight is 356 g/mol. The quantitative estimate of drug-likeness (QED) is 0.354. The number of hydrogen-bond donors (Lipinski definition) is 0. The first-order valence-corrected chi connectivity index (χ1v) is 6.80. The van der Waals surface area contributed by atoms with Crippen LogP contribution in [-0.2, 0) is 11.3 Å². The molecule has 6 heteroatoms. The summed E-state index contributed by atoms with van der Waals surface area (Å²) in [6.07, 6.45) is 0.489. The Morgan fingerprint density at radius 1 is 1.44 bits per heavy atom. The second-order valence-electron chi connectivity index (χ2n) is 4.38. The molecule has 0 aliphatic carbocycles. The van der Waals surface area contributed by atoms with E-state index >= 15 is 0 Å². The van der Waals surface area contributed by atoms with Crippen LogP contribution in [0.2, 0.25) is 0 Å². The first-order valence-electron chi connectivity index (χ1n) is 5.72. The highest BCUT2D eigenvalue weighted by Gasteiger charge is 2.28. The highest BCUT2D eigenvalue weighted by Crippen LogP contribution is 2.20. The summed E-state index contributed by atoms with van der Waals surface area (Å²) < 4.78 is 1.19. The molecule has 0 bridgehead atoms. The molecule has 94 valence electrons. The van der Waals surface area contributed by atoms with Crippen molar-refractivity contribution in [1.29, 1.82) is 0 Å². The van der Waals surface area contributed by atoms with Crippen molar-refractivity contribution in [1.82, 2.24) is 4.90 Å². The van der Waals surface area contributed by atoms with Gasteiger partial charge in [0, 0.05) is 34.5 Å². The van der Waals surface area contributed by atoms with Crippen LogP contribution in [0.25, 0.3) is 10.4 Å². The zero-order chi connectivity index (χ0) is 13.0. The lowest BCUT2D eigenvalue weighted by atomic mass is 10.1. The van der Waals surface area contributed by atoms with E-state index in [1.54, 1.807) is 0 Å². The van der Waals surface area contributed by atoms with Crippen molar-refractivity contribution in [3.8, 4) is 0 Å². The van der Waals surface area contributed by atoms with Crippen molar-refractivity contribution in [2.75, 3.05) is 13.1 Å². The Kier molecular flexibility index (Phi) is 4.43. The van der Waals surface area contributed by atoms with Gasteiger partial charge in [-0.25, -0.2) is 0 Å². The van der Waals surface area contributed by atoms with Gasteiger partial charge in [0.1, 0.15) is 0 Å². The van der Waals surface area contributed by atoms with Crippen LogP contribution in [0.4, 0.5) is 0 Å². The Morgan fingerprint density at radius 3 is 2.83 bits per heavy atom.